The number of nitrogens with one attached hydrogen (secondary N) is 2. The summed E-state index contributed by atoms with van der Waals surface area (Å²) in [5.74, 6) is 0.117. The summed E-state index contributed by atoms with van der Waals surface area (Å²) in [6.07, 6.45) is 0.223. The van der Waals surface area contributed by atoms with Crippen molar-refractivity contribution in [1.82, 2.24) is 19.3 Å². The van der Waals surface area contributed by atoms with Crippen LogP contribution in [0.4, 0.5) is 24.7 Å². The van der Waals surface area contributed by atoms with Gasteiger partial charge in [-0.2, -0.15) is 13.2 Å². The molecule has 26 heavy (non-hydrogen) atoms. The Labute approximate surface area is 152 Å². The number of alkyl halides is 3. The van der Waals surface area contributed by atoms with Crippen LogP contribution in [-0.2, 0) is 13.2 Å². The Kier molecular flexibility index (Phi) is 5.19. The molecule has 9 heteroatoms. The van der Waals surface area contributed by atoms with Crippen LogP contribution in [0.15, 0.2) is 53.9 Å². The zero-order chi connectivity index (χ0) is 18.7. The third-order valence-electron chi connectivity index (χ3n) is 3.54. The fraction of sp³-hybridized carbons (Fsp3) is 0.176. The summed E-state index contributed by atoms with van der Waals surface area (Å²) in [4.78, 5) is 9.29. The molecule has 0 atom stereocenters. The molecule has 3 aromatic rings. The predicted molar refractivity (Wildman–Crippen MR) is 96.1 cm³/mol. The predicted octanol–water partition coefficient (Wildman–Crippen LogP) is 4.47. The maximum atomic E-state index is 12.9. The normalized spacial score (nSPS) is 11.6. The molecule has 0 saturated heterocycles. The lowest BCUT2D eigenvalue weighted by Crippen LogP contribution is -2.06. The van der Waals surface area contributed by atoms with Crippen molar-refractivity contribution in [2.45, 2.75) is 11.1 Å². The van der Waals surface area contributed by atoms with Gasteiger partial charge in [0.05, 0.1) is 17.6 Å². The van der Waals surface area contributed by atoms with E-state index < -0.39 is 11.7 Å². The minimum absolute atomic E-state index is 0.117. The minimum Gasteiger partial charge on any atom is -0.340 e. The smallest absolute Gasteiger partial charge is 0.340 e. The number of halogens is 3. The van der Waals surface area contributed by atoms with E-state index in [0.717, 1.165) is 28.8 Å². The minimum atomic E-state index is -4.42. The van der Waals surface area contributed by atoms with Crippen LogP contribution in [-0.4, -0.2) is 21.6 Å². The SMILES string of the molecule is CNSc1ccc(Nc2cc(C(F)(F)F)ccn2)c(-c2cn(C)cn2)c1. The lowest BCUT2D eigenvalue weighted by Gasteiger charge is -2.13. The number of aromatic nitrogens is 3. The van der Waals surface area contributed by atoms with Crippen LogP contribution in [0, 0.1) is 0 Å². The molecule has 0 aliphatic rings. The monoisotopic (exact) mass is 379 g/mol. The lowest BCUT2D eigenvalue weighted by molar-refractivity contribution is -0.137. The standard InChI is InChI=1S/C17H16F3N5S/c1-21-26-12-3-4-14(13(8-12)15-9-25(2)10-23-15)24-16-7-11(5-6-22-16)17(18,19)20/h3-10,21H,1-2H3,(H,22,24). The summed E-state index contributed by atoms with van der Waals surface area (Å²) in [6.45, 7) is 0. The first kappa shape index (κ1) is 18.3. The second-order valence-electron chi connectivity index (χ2n) is 5.49. The van der Waals surface area contributed by atoms with Crippen LogP contribution in [0.3, 0.4) is 0 Å². The van der Waals surface area contributed by atoms with Crippen molar-refractivity contribution in [1.29, 1.82) is 0 Å². The fourth-order valence-corrected chi connectivity index (χ4v) is 2.94. The molecule has 2 heterocycles. The fourth-order valence-electron chi connectivity index (χ4n) is 2.39. The van der Waals surface area contributed by atoms with Gasteiger partial charge in [-0.25, -0.2) is 9.97 Å². The summed E-state index contributed by atoms with van der Waals surface area (Å²) >= 11 is 1.43. The summed E-state index contributed by atoms with van der Waals surface area (Å²) in [7, 11) is 3.66. The van der Waals surface area contributed by atoms with Crippen molar-refractivity contribution in [2.24, 2.45) is 7.05 Å². The maximum absolute atomic E-state index is 12.9. The van der Waals surface area contributed by atoms with Crippen LogP contribution < -0.4 is 10.0 Å². The van der Waals surface area contributed by atoms with Crippen molar-refractivity contribution in [3.63, 3.8) is 0 Å². The van der Waals surface area contributed by atoms with Crippen molar-refractivity contribution >= 4 is 23.5 Å². The van der Waals surface area contributed by atoms with Gasteiger partial charge in [-0.3, -0.25) is 4.72 Å². The summed E-state index contributed by atoms with van der Waals surface area (Å²) in [5.41, 5.74) is 1.35. The zero-order valence-electron chi connectivity index (χ0n) is 14.0. The molecule has 0 amide bonds. The Bertz CT molecular complexity index is 907. The zero-order valence-corrected chi connectivity index (χ0v) is 14.8. The Balaban J connectivity index is 1.99. The highest BCUT2D eigenvalue weighted by Gasteiger charge is 2.30. The van der Waals surface area contributed by atoms with Gasteiger partial charge in [0.25, 0.3) is 0 Å². The third-order valence-corrected chi connectivity index (χ3v) is 4.24. The molecule has 0 unspecified atom stereocenters. The highest BCUT2D eigenvalue weighted by atomic mass is 32.2. The summed E-state index contributed by atoms with van der Waals surface area (Å²) < 4.78 is 43.5. The van der Waals surface area contributed by atoms with Crippen LogP contribution in [0.2, 0.25) is 0 Å². The largest absolute Gasteiger partial charge is 0.416 e. The lowest BCUT2D eigenvalue weighted by atomic mass is 10.1. The van der Waals surface area contributed by atoms with E-state index >= 15 is 0 Å². The summed E-state index contributed by atoms with van der Waals surface area (Å²) in [6, 6.07) is 7.50. The van der Waals surface area contributed by atoms with E-state index in [-0.39, 0.29) is 5.82 Å². The van der Waals surface area contributed by atoms with E-state index in [1.165, 1.54) is 11.9 Å². The highest BCUT2D eigenvalue weighted by molar-refractivity contribution is 7.97. The second-order valence-corrected chi connectivity index (χ2v) is 6.57. The van der Waals surface area contributed by atoms with Crippen LogP contribution in [0.5, 0.6) is 0 Å². The number of benzene rings is 1. The Hall–Kier alpha value is -2.52. The Morgan fingerprint density at radius 3 is 2.58 bits per heavy atom. The van der Waals surface area contributed by atoms with Crippen molar-refractivity contribution in [3.05, 3.63) is 54.6 Å². The number of rotatable bonds is 5. The second kappa shape index (κ2) is 7.38. The van der Waals surface area contributed by atoms with Gasteiger partial charge in [0.2, 0.25) is 0 Å². The topological polar surface area (TPSA) is 54.8 Å². The van der Waals surface area contributed by atoms with Crippen LogP contribution in [0.25, 0.3) is 11.3 Å². The molecule has 0 aliphatic heterocycles. The molecule has 5 nitrogen and oxygen atoms in total. The van der Waals surface area contributed by atoms with E-state index in [1.807, 2.05) is 32.4 Å². The number of anilines is 2. The number of hydrogen-bond donors (Lipinski definition) is 2. The number of nitrogens with zero attached hydrogens (tertiary/aromatic N) is 3. The molecule has 0 saturated carbocycles. The van der Waals surface area contributed by atoms with Crippen molar-refractivity contribution in [2.75, 3.05) is 12.4 Å². The van der Waals surface area contributed by atoms with E-state index in [0.29, 0.717) is 11.4 Å². The van der Waals surface area contributed by atoms with Gasteiger partial charge < -0.3 is 9.88 Å². The maximum Gasteiger partial charge on any atom is 0.416 e. The van der Waals surface area contributed by atoms with E-state index in [9.17, 15) is 13.2 Å². The molecule has 2 N–H and O–H groups in total. The van der Waals surface area contributed by atoms with Crippen molar-refractivity contribution < 1.29 is 13.2 Å². The molecule has 3 rings (SSSR count). The average molecular weight is 379 g/mol. The van der Waals surface area contributed by atoms with Gasteiger partial charge in [0.15, 0.2) is 0 Å². The first-order valence-electron chi connectivity index (χ1n) is 7.63. The number of hydrogen-bond acceptors (Lipinski definition) is 5. The number of pyridine rings is 1. The third kappa shape index (κ3) is 4.17. The molecular formula is C17H16F3N5S. The molecule has 0 fully saturated rings. The van der Waals surface area contributed by atoms with Gasteiger partial charge in [-0.1, -0.05) is 0 Å². The van der Waals surface area contributed by atoms with E-state index in [2.05, 4.69) is 20.0 Å². The summed E-state index contributed by atoms with van der Waals surface area (Å²) in [5, 5.41) is 2.97. The Morgan fingerprint density at radius 1 is 1.12 bits per heavy atom. The Morgan fingerprint density at radius 2 is 1.92 bits per heavy atom. The quantitative estimate of drug-likeness (QED) is 0.641. The van der Waals surface area contributed by atoms with Gasteiger partial charge >= 0.3 is 6.18 Å². The molecular weight excluding hydrogens is 363 g/mol. The molecule has 0 bridgehead atoms. The molecule has 0 spiro atoms. The highest BCUT2D eigenvalue weighted by Crippen LogP contribution is 2.34. The van der Waals surface area contributed by atoms with Gasteiger partial charge in [-0.15, -0.1) is 0 Å². The first-order valence-corrected chi connectivity index (χ1v) is 8.44. The first-order chi connectivity index (χ1) is 12.4. The molecule has 0 aliphatic carbocycles. The molecule has 1 aromatic carbocycles. The van der Waals surface area contributed by atoms with Gasteiger partial charge in [0.1, 0.15) is 5.82 Å². The molecule has 0 radical (unpaired) electrons. The van der Waals surface area contributed by atoms with Crippen molar-refractivity contribution in [3.8, 4) is 11.3 Å². The van der Waals surface area contributed by atoms with Crippen LogP contribution >= 0.6 is 11.9 Å². The van der Waals surface area contributed by atoms with E-state index in [1.54, 1.807) is 17.0 Å². The van der Waals surface area contributed by atoms with E-state index in [4.69, 9.17) is 0 Å². The molecule has 2 aromatic heterocycles. The molecule has 136 valence electrons. The van der Waals surface area contributed by atoms with Gasteiger partial charge in [0, 0.05) is 35.6 Å². The average Bonchev–Trinajstić information content (AvgIpc) is 3.02. The van der Waals surface area contributed by atoms with Gasteiger partial charge in [-0.05, 0) is 49.3 Å². The number of aryl methyl sites for hydroxylation is 1. The number of imidazole rings is 1. The van der Waals surface area contributed by atoms with Crippen LogP contribution in [0.1, 0.15) is 5.56 Å².